The monoisotopic (exact) mass is 539 g/mol. The van der Waals surface area contributed by atoms with E-state index in [0.717, 1.165) is 27.2 Å². The second kappa shape index (κ2) is 11.0. The van der Waals surface area contributed by atoms with Crippen molar-refractivity contribution >= 4 is 18.0 Å². The van der Waals surface area contributed by atoms with Crippen molar-refractivity contribution in [3.8, 4) is 17.2 Å². The van der Waals surface area contributed by atoms with Gasteiger partial charge in [-0.3, -0.25) is 4.79 Å². The summed E-state index contributed by atoms with van der Waals surface area (Å²) in [6.45, 7) is 4.13. The van der Waals surface area contributed by atoms with Crippen LogP contribution in [0.2, 0.25) is 0 Å². The lowest BCUT2D eigenvalue weighted by atomic mass is 9.98. The molecule has 8 nitrogen and oxygen atoms in total. The number of likely N-dealkylation sites (tertiary alicyclic amines) is 1. The van der Waals surface area contributed by atoms with Crippen LogP contribution in [0.3, 0.4) is 0 Å². The minimum atomic E-state index is -3.15. The van der Waals surface area contributed by atoms with E-state index < -0.39 is 54.5 Å². The van der Waals surface area contributed by atoms with E-state index in [2.05, 4.69) is 5.32 Å². The van der Waals surface area contributed by atoms with Crippen LogP contribution in [-0.2, 0) is 19.1 Å². The number of benzene rings is 2. The molecule has 4 rings (SSSR count). The van der Waals surface area contributed by atoms with Crippen LogP contribution >= 0.6 is 0 Å². The van der Waals surface area contributed by atoms with Gasteiger partial charge in [-0.15, -0.1) is 0 Å². The first-order chi connectivity index (χ1) is 18.4. The molecule has 2 amide bonds. The average Bonchev–Trinajstić information content (AvgIpc) is 3.37. The summed E-state index contributed by atoms with van der Waals surface area (Å²) in [4.78, 5) is 39.2. The SMILES string of the molecule is CC(C)(C)OC(=O)[C@H](CCC(=O)N1CC(F)(F)C[C@H]1C#N)NC(=O)OCC1c2ccccc2-c2ccccc21. The molecule has 1 aliphatic heterocycles. The molecule has 206 valence electrons. The lowest BCUT2D eigenvalue weighted by Crippen LogP contribution is -2.45. The number of nitrogens with one attached hydrogen (secondary N) is 1. The van der Waals surface area contributed by atoms with Gasteiger partial charge >= 0.3 is 12.1 Å². The molecule has 0 bridgehead atoms. The number of halogens is 2. The second-order valence-electron chi connectivity index (χ2n) is 10.8. The molecule has 2 aromatic carbocycles. The van der Waals surface area contributed by atoms with Gasteiger partial charge in [0, 0.05) is 18.8 Å². The van der Waals surface area contributed by atoms with Gasteiger partial charge in [0.2, 0.25) is 5.91 Å². The van der Waals surface area contributed by atoms with Gasteiger partial charge in [-0.25, -0.2) is 18.4 Å². The largest absolute Gasteiger partial charge is 0.458 e. The summed E-state index contributed by atoms with van der Waals surface area (Å²) < 4.78 is 38.5. The van der Waals surface area contributed by atoms with Gasteiger partial charge in [-0.1, -0.05) is 48.5 Å². The molecule has 0 radical (unpaired) electrons. The van der Waals surface area contributed by atoms with Crippen LogP contribution < -0.4 is 5.32 Å². The number of ether oxygens (including phenoxy) is 2. The molecule has 0 saturated carbocycles. The zero-order valence-corrected chi connectivity index (χ0v) is 22.1. The number of alkyl halides is 2. The normalized spacial score (nSPS) is 18.5. The lowest BCUT2D eigenvalue weighted by molar-refractivity contribution is -0.157. The lowest BCUT2D eigenvalue weighted by Gasteiger charge is -2.25. The molecule has 1 N–H and O–H groups in total. The fourth-order valence-electron chi connectivity index (χ4n) is 5.01. The minimum Gasteiger partial charge on any atom is -0.458 e. The third kappa shape index (κ3) is 6.53. The van der Waals surface area contributed by atoms with Gasteiger partial charge in [-0.2, -0.15) is 5.26 Å². The predicted molar refractivity (Wildman–Crippen MR) is 138 cm³/mol. The van der Waals surface area contributed by atoms with Crippen molar-refractivity contribution in [2.75, 3.05) is 13.2 Å². The molecular weight excluding hydrogens is 508 g/mol. The Labute approximate surface area is 225 Å². The smallest absolute Gasteiger partial charge is 0.407 e. The summed E-state index contributed by atoms with van der Waals surface area (Å²) in [7, 11) is 0. The molecule has 10 heteroatoms. The van der Waals surface area contributed by atoms with E-state index in [0.29, 0.717) is 0 Å². The number of nitriles is 1. The predicted octanol–water partition coefficient (Wildman–Crippen LogP) is 4.78. The molecule has 0 aromatic heterocycles. The standard InChI is InChI=1S/C29H31F2N3O5/c1-28(2,3)39-26(36)24(12-13-25(35)34-17-29(30,31)14-18(34)15-32)33-27(37)38-16-23-21-10-6-4-8-19(21)20-9-5-7-11-22(20)23/h4-11,18,23-24H,12-14,16-17H2,1-3H3,(H,33,37)/t18-,24-/m0/s1. The highest BCUT2D eigenvalue weighted by molar-refractivity contribution is 5.84. The average molecular weight is 540 g/mol. The maximum absolute atomic E-state index is 13.8. The Bertz CT molecular complexity index is 1250. The van der Waals surface area contributed by atoms with Crippen molar-refractivity contribution in [3.05, 3.63) is 59.7 Å². The van der Waals surface area contributed by atoms with Gasteiger partial charge < -0.3 is 19.7 Å². The molecule has 39 heavy (non-hydrogen) atoms. The number of nitrogens with zero attached hydrogens (tertiary/aromatic N) is 2. The van der Waals surface area contributed by atoms with Crippen molar-refractivity contribution in [2.24, 2.45) is 0 Å². The van der Waals surface area contributed by atoms with Crippen molar-refractivity contribution in [2.45, 2.75) is 69.6 Å². The minimum absolute atomic E-state index is 0.0204. The van der Waals surface area contributed by atoms with Crippen molar-refractivity contribution in [1.29, 1.82) is 5.26 Å². The first kappa shape index (κ1) is 28.0. The fraction of sp³-hybridized carbons (Fsp3) is 0.448. The van der Waals surface area contributed by atoms with Crippen LogP contribution in [0.5, 0.6) is 0 Å². The van der Waals surface area contributed by atoms with Gasteiger partial charge in [0.25, 0.3) is 5.92 Å². The number of hydrogen-bond donors (Lipinski definition) is 1. The third-order valence-electron chi connectivity index (χ3n) is 6.71. The summed E-state index contributed by atoms with van der Waals surface area (Å²) >= 11 is 0. The molecule has 2 atom stereocenters. The number of esters is 1. The third-order valence-corrected chi connectivity index (χ3v) is 6.71. The van der Waals surface area contributed by atoms with Crippen molar-refractivity contribution < 1.29 is 32.6 Å². The number of amides is 2. The molecule has 0 spiro atoms. The maximum atomic E-state index is 13.8. The van der Waals surface area contributed by atoms with Crippen LogP contribution in [0.1, 0.15) is 57.1 Å². The highest BCUT2D eigenvalue weighted by Gasteiger charge is 2.47. The number of alkyl carbamates (subject to hydrolysis) is 1. The summed E-state index contributed by atoms with van der Waals surface area (Å²) in [6.07, 6.45) is -2.16. The molecular formula is C29H31F2N3O5. The van der Waals surface area contributed by atoms with E-state index in [-0.39, 0.29) is 25.4 Å². The summed E-state index contributed by atoms with van der Waals surface area (Å²) in [5.74, 6) is -4.83. The molecule has 1 saturated heterocycles. The second-order valence-corrected chi connectivity index (χ2v) is 10.8. The highest BCUT2D eigenvalue weighted by atomic mass is 19.3. The Morgan fingerprint density at radius 3 is 2.26 bits per heavy atom. The van der Waals surface area contributed by atoms with Crippen LogP contribution in [0.15, 0.2) is 48.5 Å². The number of fused-ring (bicyclic) bond motifs is 3. The van der Waals surface area contributed by atoms with E-state index >= 15 is 0 Å². The number of carbonyl (C=O) groups excluding carboxylic acids is 3. The maximum Gasteiger partial charge on any atom is 0.407 e. The van der Waals surface area contributed by atoms with Crippen LogP contribution in [0.4, 0.5) is 13.6 Å². The molecule has 0 unspecified atom stereocenters. The number of hydrogen-bond acceptors (Lipinski definition) is 6. The van der Waals surface area contributed by atoms with E-state index in [1.807, 2.05) is 48.5 Å². The Morgan fingerprint density at radius 1 is 1.10 bits per heavy atom. The van der Waals surface area contributed by atoms with Gasteiger partial charge in [0.15, 0.2) is 0 Å². The zero-order valence-electron chi connectivity index (χ0n) is 22.1. The van der Waals surface area contributed by atoms with Crippen LogP contribution in [-0.4, -0.2) is 59.6 Å². The van der Waals surface area contributed by atoms with Gasteiger partial charge in [-0.05, 0) is 49.4 Å². The van der Waals surface area contributed by atoms with E-state index in [9.17, 15) is 28.4 Å². The Balaban J connectivity index is 1.41. The van der Waals surface area contributed by atoms with Gasteiger partial charge in [0.05, 0.1) is 12.6 Å². The van der Waals surface area contributed by atoms with E-state index in [4.69, 9.17) is 9.47 Å². The Kier molecular flexibility index (Phi) is 7.91. The summed E-state index contributed by atoms with van der Waals surface area (Å²) in [5, 5.41) is 11.7. The van der Waals surface area contributed by atoms with E-state index in [1.54, 1.807) is 26.8 Å². The number of carbonyl (C=O) groups is 3. The Morgan fingerprint density at radius 2 is 1.69 bits per heavy atom. The first-order valence-corrected chi connectivity index (χ1v) is 12.8. The van der Waals surface area contributed by atoms with Crippen LogP contribution in [0, 0.1) is 11.3 Å². The van der Waals surface area contributed by atoms with Crippen LogP contribution in [0.25, 0.3) is 11.1 Å². The number of rotatable bonds is 7. The van der Waals surface area contributed by atoms with Gasteiger partial charge in [0.1, 0.15) is 24.3 Å². The van der Waals surface area contributed by atoms with Crippen molar-refractivity contribution in [3.63, 3.8) is 0 Å². The quantitative estimate of drug-likeness (QED) is 0.508. The highest BCUT2D eigenvalue weighted by Crippen LogP contribution is 2.44. The summed E-state index contributed by atoms with van der Waals surface area (Å²) in [5.41, 5.74) is 3.31. The fourth-order valence-corrected chi connectivity index (χ4v) is 5.01. The van der Waals surface area contributed by atoms with Crippen molar-refractivity contribution in [1.82, 2.24) is 10.2 Å². The molecule has 2 aromatic rings. The molecule has 1 aliphatic carbocycles. The molecule has 2 aliphatic rings. The molecule has 1 fully saturated rings. The van der Waals surface area contributed by atoms with E-state index in [1.165, 1.54) is 0 Å². The summed E-state index contributed by atoms with van der Waals surface area (Å²) in [6, 6.07) is 14.9. The Hall–Kier alpha value is -4.00. The first-order valence-electron chi connectivity index (χ1n) is 12.8. The topological polar surface area (TPSA) is 109 Å². The molecule has 1 heterocycles. The zero-order chi connectivity index (χ0) is 28.4.